The molecule has 21 heavy (non-hydrogen) atoms. The molecule has 1 heterocycles. The van der Waals surface area contributed by atoms with Gasteiger partial charge in [-0.2, -0.15) is 0 Å². The Morgan fingerprint density at radius 1 is 1.05 bits per heavy atom. The van der Waals surface area contributed by atoms with Crippen LogP contribution in [0.15, 0.2) is 51.5 Å². The van der Waals surface area contributed by atoms with E-state index < -0.39 is 0 Å². The van der Waals surface area contributed by atoms with Gasteiger partial charge >= 0.3 is 0 Å². The lowest BCUT2D eigenvalue weighted by Crippen LogP contribution is -1.96. The van der Waals surface area contributed by atoms with Gasteiger partial charge in [0, 0.05) is 4.47 Å². The van der Waals surface area contributed by atoms with Crippen molar-refractivity contribution in [1.29, 1.82) is 0 Å². The highest BCUT2D eigenvalue weighted by molar-refractivity contribution is 9.10. The van der Waals surface area contributed by atoms with Gasteiger partial charge in [0.1, 0.15) is 5.75 Å². The number of nitrogens with zero attached hydrogens (tertiary/aromatic N) is 1. The molecule has 106 valence electrons. The Labute approximate surface area is 139 Å². The Morgan fingerprint density at radius 2 is 1.76 bits per heavy atom. The lowest BCUT2D eigenvalue weighted by Gasteiger charge is -2.10. The van der Waals surface area contributed by atoms with Gasteiger partial charge < -0.3 is 10.5 Å². The van der Waals surface area contributed by atoms with Crippen LogP contribution < -0.4 is 10.5 Å². The summed E-state index contributed by atoms with van der Waals surface area (Å²) in [6.07, 6.45) is 1.60. The lowest BCUT2D eigenvalue weighted by atomic mass is 10.1. The summed E-state index contributed by atoms with van der Waals surface area (Å²) in [5.41, 5.74) is 7.38. The van der Waals surface area contributed by atoms with Gasteiger partial charge in [0.25, 0.3) is 0 Å². The first kappa shape index (κ1) is 14.4. The van der Waals surface area contributed by atoms with Crippen LogP contribution in [0.4, 0.5) is 5.69 Å². The summed E-state index contributed by atoms with van der Waals surface area (Å²) >= 11 is 6.94. The van der Waals surface area contributed by atoms with Crippen LogP contribution in [0.25, 0.3) is 10.8 Å². The zero-order valence-corrected chi connectivity index (χ0v) is 14.4. The molecule has 2 aromatic carbocycles. The molecule has 0 saturated heterocycles. The summed E-state index contributed by atoms with van der Waals surface area (Å²) in [6, 6.07) is 12.1. The number of hydrogen-bond acceptors (Lipinski definition) is 3. The summed E-state index contributed by atoms with van der Waals surface area (Å²) in [5.74, 6) is 1.25. The monoisotopic (exact) mass is 406 g/mol. The van der Waals surface area contributed by atoms with Crippen molar-refractivity contribution in [3.63, 3.8) is 0 Å². The molecule has 0 unspecified atom stereocenters. The van der Waals surface area contributed by atoms with Crippen LogP contribution in [0, 0.1) is 6.92 Å². The van der Waals surface area contributed by atoms with Gasteiger partial charge in [-0.3, -0.25) is 0 Å². The molecule has 2 N–H and O–H groups in total. The highest BCUT2D eigenvalue weighted by atomic mass is 79.9. The second-order valence-electron chi connectivity index (χ2n) is 4.71. The molecule has 0 amide bonds. The maximum atomic E-state index is 5.86. The highest BCUT2D eigenvalue weighted by Gasteiger charge is 2.10. The SMILES string of the molecule is Cc1c(N)cnc(Oc2ccc3cc(Br)ccc3c2)c1Br. The Balaban J connectivity index is 1.98. The number of aromatic nitrogens is 1. The van der Waals surface area contributed by atoms with Gasteiger partial charge in [-0.25, -0.2) is 4.98 Å². The molecule has 0 saturated carbocycles. The van der Waals surface area contributed by atoms with Gasteiger partial charge in [-0.05, 0) is 63.5 Å². The maximum absolute atomic E-state index is 5.86. The molecule has 0 bridgehead atoms. The fraction of sp³-hybridized carbons (Fsp3) is 0.0625. The number of fused-ring (bicyclic) bond motifs is 1. The Morgan fingerprint density at radius 3 is 2.57 bits per heavy atom. The van der Waals surface area contributed by atoms with Crippen LogP contribution in [0.1, 0.15) is 5.56 Å². The van der Waals surface area contributed by atoms with E-state index in [0.717, 1.165) is 31.0 Å². The fourth-order valence-corrected chi connectivity index (χ4v) is 2.80. The molecule has 0 aliphatic rings. The molecule has 3 rings (SSSR count). The molecular formula is C16H12Br2N2O. The minimum Gasteiger partial charge on any atom is -0.438 e. The van der Waals surface area contributed by atoms with E-state index in [2.05, 4.69) is 42.9 Å². The number of rotatable bonds is 2. The number of benzene rings is 2. The number of hydrogen-bond donors (Lipinski definition) is 1. The standard InChI is InChI=1S/C16H12Br2N2O/c1-9-14(19)8-20-16(15(9)18)21-13-5-3-10-6-12(17)4-2-11(10)7-13/h2-8H,19H2,1H3. The number of ether oxygens (including phenoxy) is 1. The molecule has 0 fully saturated rings. The van der Waals surface area contributed by atoms with E-state index in [1.54, 1.807) is 6.20 Å². The Bertz CT molecular complexity index is 834. The first-order valence-corrected chi connectivity index (χ1v) is 7.91. The van der Waals surface area contributed by atoms with E-state index in [9.17, 15) is 0 Å². The van der Waals surface area contributed by atoms with Crippen molar-refractivity contribution in [1.82, 2.24) is 4.98 Å². The Kier molecular flexibility index (Phi) is 3.87. The van der Waals surface area contributed by atoms with Crippen molar-refractivity contribution < 1.29 is 4.74 Å². The minimum atomic E-state index is 0.512. The number of nitrogens with two attached hydrogens (primary N) is 1. The van der Waals surface area contributed by atoms with Crippen molar-refractivity contribution in [2.24, 2.45) is 0 Å². The van der Waals surface area contributed by atoms with Crippen LogP contribution >= 0.6 is 31.9 Å². The van der Waals surface area contributed by atoms with Gasteiger partial charge in [0.2, 0.25) is 5.88 Å². The molecule has 1 aromatic heterocycles. The summed E-state index contributed by atoms with van der Waals surface area (Å²) in [4.78, 5) is 4.23. The zero-order chi connectivity index (χ0) is 15.0. The van der Waals surface area contributed by atoms with Gasteiger partial charge in [0.05, 0.1) is 16.4 Å². The molecule has 0 atom stereocenters. The highest BCUT2D eigenvalue weighted by Crippen LogP contribution is 2.33. The summed E-state index contributed by atoms with van der Waals surface area (Å²) < 4.78 is 7.69. The second-order valence-corrected chi connectivity index (χ2v) is 6.42. The summed E-state index contributed by atoms with van der Waals surface area (Å²) in [6.45, 7) is 1.92. The zero-order valence-electron chi connectivity index (χ0n) is 11.2. The lowest BCUT2D eigenvalue weighted by molar-refractivity contribution is 0.460. The van der Waals surface area contributed by atoms with Crippen LogP contribution in [-0.4, -0.2) is 4.98 Å². The quantitative estimate of drug-likeness (QED) is 0.614. The van der Waals surface area contributed by atoms with Crippen molar-refractivity contribution >= 4 is 48.3 Å². The maximum Gasteiger partial charge on any atom is 0.233 e. The molecule has 0 aliphatic carbocycles. The van der Waals surface area contributed by atoms with Crippen molar-refractivity contribution in [3.05, 3.63) is 57.1 Å². The average Bonchev–Trinajstić information content (AvgIpc) is 2.48. The first-order valence-electron chi connectivity index (χ1n) is 6.32. The second kappa shape index (κ2) is 5.66. The first-order chi connectivity index (χ1) is 10.0. The third-order valence-electron chi connectivity index (χ3n) is 3.26. The molecule has 0 radical (unpaired) electrons. The van der Waals surface area contributed by atoms with E-state index in [1.807, 2.05) is 37.3 Å². The molecule has 0 aliphatic heterocycles. The smallest absolute Gasteiger partial charge is 0.233 e. The van der Waals surface area contributed by atoms with Crippen LogP contribution in [-0.2, 0) is 0 Å². The van der Waals surface area contributed by atoms with E-state index >= 15 is 0 Å². The average molecular weight is 408 g/mol. The van der Waals surface area contributed by atoms with Crippen LogP contribution in [0.2, 0.25) is 0 Å². The van der Waals surface area contributed by atoms with E-state index in [1.165, 1.54) is 0 Å². The Hall–Kier alpha value is -1.59. The molecule has 3 nitrogen and oxygen atoms in total. The van der Waals surface area contributed by atoms with Crippen LogP contribution in [0.3, 0.4) is 0 Å². The van der Waals surface area contributed by atoms with Gasteiger partial charge in [-0.1, -0.05) is 28.1 Å². The normalized spacial score (nSPS) is 10.8. The van der Waals surface area contributed by atoms with Crippen LogP contribution in [0.5, 0.6) is 11.6 Å². The van der Waals surface area contributed by atoms with E-state index in [4.69, 9.17) is 10.5 Å². The predicted molar refractivity (Wildman–Crippen MR) is 92.8 cm³/mol. The molecular weight excluding hydrogens is 396 g/mol. The summed E-state index contributed by atoms with van der Waals surface area (Å²) in [5, 5.41) is 2.26. The van der Waals surface area contributed by atoms with E-state index in [-0.39, 0.29) is 0 Å². The third-order valence-corrected chi connectivity index (χ3v) is 4.69. The van der Waals surface area contributed by atoms with Crippen molar-refractivity contribution in [2.45, 2.75) is 6.92 Å². The molecule has 5 heteroatoms. The van der Waals surface area contributed by atoms with Crippen molar-refractivity contribution in [2.75, 3.05) is 5.73 Å². The third kappa shape index (κ3) is 2.89. The largest absolute Gasteiger partial charge is 0.438 e. The minimum absolute atomic E-state index is 0.512. The number of pyridine rings is 1. The number of halogens is 2. The predicted octanol–water partition coefficient (Wildman–Crippen LogP) is 5.44. The van der Waals surface area contributed by atoms with Gasteiger partial charge in [-0.15, -0.1) is 0 Å². The molecule has 0 spiro atoms. The summed E-state index contributed by atoms with van der Waals surface area (Å²) in [7, 11) is 0. The fourth-order valence-electron chi connectivity index (χ4n) is 2.01. The van der Waals surface area contributed by atoms with Gasteiger partial charge in [0.15, 0.2) is 0 Å². The number of nitrogen functional groups attached to an aromatic ring is 1. The number of anilines is 1. The van der Waals surface area contributed by atoms with Crippen molar-refractivity contribution in [3.8, 4) is 11.6 Å². The van der Waals surface area contributed by atoms with E-state index in [0.29, 0.717) is 11.6 Å². The molecule has 3 aromatic rings. The topological polar surface area (TPSA) is 48.1 Å².